The first-order chi connectivity index (χ1) is 16.1. The third kappa shape index (κ3) is 4.31. The third-order valence-corrected chi connectivity index (χ3v) is 7.59. The normalized spacial score (nSPS) is 20.0. The second kappa shape index (κ2) is 9.29. The van der Waals surface area contributed by atoms with Gasteiger partial charge in [-0.2, -0.15) is 0 Å². The molecule has 1 aliphatic carbocycles. The summed E-state index contributed by atoms with van der Waals surface area (Å²) in [4.78, 5) is 27.3. The van der Waals surface area contributed by atoms with Gasteiger partial charge in [0.15, 0.2) is 0 Å². The molecular formula is C26H35N5O2. The summed E-state index contributed by atoms with van der Waals surface area (Å²) in [6.45, 7) is 2.36. The maximum absolute atomic E-state index is 13.2. The summed E-state index contributed by atoms with van der Waals surface area (Å²) >= 11 is 0. The molecule has 0 spiro atoms. The number of likely N-dealkylation sites (tertiary alicyclic amines) is 1. The predicted octanol–water partition coefficient (Wildman–Crippen LogP) is 3.30. The van der Waals surface area contributed by atoms with Crippen molar-refractivity contribution < 1.29 is 9.53 Å². The molecule has 7 heteroatoms. The number of amides is 1. The molecule has 1 N–H and O–H groups in total. The zero-order valence-electron chi connectivity index (χ0n) is 20.1. The number of fused-ring (bicyclic) bond motifs is 2. The largest absolute Gasteiger partial charge is 0.496 e. The van der Waals surface area contributed by atoms with Crippen molar-refractivity contribution in [3.63, 3.8) is 0 Å². The molecule has 0 radical (unpaired) electrons. The number of nitrogens with zero attached hydrogens (tertiary/aromatic N) is 4. The van der Waals surface area contributed by atoms with Crippen molar-refractivity contribution in [2.24, 2.45) is 0 Å². The number of methoxy groups -OCH3 is 1. The number of benzene rings is 1. The Morgan fingerprint density at radius 3 is 2.70 bits per heavy atom. The highest BCUT2D eigenvalue weighted by Crippen LogP contribution is 2.33. The Morgan fingerprint density at radius 1 is 1.15 bits per heavy atom. The van der Waals surface area contributed by atoms with Gasteiger partial charge < -0.3 is 15.0 Å². The van der Waals surface area contributed by atoms with E-state index in [1.807, 2.05) is 11.9 Å². The molecule has 1 fully saturated rings. The van der Waals surface area contributed by atoms with Crippen LogP contribution < -0.4 is 10.1 Å². The summed E-state index contributed by atoms with van der Waals surface area (Å²) in [5.41, 5.74) is 6.13. The molecule has 1 aromatic carbocycles. The number of aryl methyl sites for hydroxylation is 3. The van der Waals surface area contributed by atoms with Gasteiger partial charge in [0.1, 0.15) is 17.4 Å². The van der Waals surface area contributed by atoms with Crippen molar-refractivity contribution in [2.75, 3.05) is 39.6 Å². The predicted molar refractivity (Wildman–Crippen MR) is 129 cm³/mol. The van der Waals surface area contributed by atoms with Crippen LogP contribution in [-0.4, -0.2) is 60.0 Å². The van der Waals surface area contributed by atoms with E-state index in [4.69, 9.17) is 14.7 Å². The van der Waals surface area contributed by atoms with Crippen LogP contribution in [0.4, 0.5) is 5.82 Å². The lowest BCUT2D eigenvalue weighted by Gasteiger charge is -2.30. The fourth-order valence-corrected chi connectivity index (χ4v) is 5.69. The molecule has 7 nitrogen and oxygen atoms in total. The van der Waals surface area contributed by atoms with Crippen LogP contribution in [0, 0.1) is 0 Å². The Kier molecular flexibility index (Phi) is 6.23. The number of rotatable bonds is 6. The molecule has 3 heterocycles. The Morgan fingerprint density at radius 2 is 1.97 bits per heavy atom. The van der Waals surface area contributed by atoms with Gasteiger partial charge in [0, 0.05) is 25.6 Å². The number of aromatic nitrogens is 2. The van der Waals surface area contributed by atoms with E-state index in [0.29, 0.717) is 25.9 Å². The van der Waals surface area contributed by atoms with Crippen LogP contribution in [0.25, 0.3) is 0 Å². The summed E-state index contributed by atoms with van der Waals surface area (Å²) in [6.07, 6.45) is 7.73. The number of carbonyl (C=O) groups is 1. The second-order valence-corrected chi connectivity index (χ2v) is 9.60. The zero-order chi connectivity index (χ0) is 22.9. The van der Waals surface area contributed by atoms with Crippen molar-refractivity contribution in [1.29, 1.82) is 0 Å². The highest BCUT2D eigenvalue weighted by atomic mass is 16.5. The van der Waals surface area contributed by atoms with Gasteiger partial charge in [-0.3, -0.25) is 9.69 Å². The molecule has 1 aromatic heterocycles. The smallest absolute Gasteiger partial charge is 0.223 e. The Balaban J connectivity index is 1.30. The van der Waals surface area contributed by atoms with E-state index >= 15 is 0 Å². The van der Waals surface area contributed by atoms with Gasteiger partial charge in [-0.15, -0.1) is 0 Å². The average Bonchev–Trinajstić information content (AvgIpc) is 3.48. The van der Waals surface area contributed by atoms with E-state index in [-0.39, 0.29) is 11.9 Å². The molecule has 2 aromatic rings. The molecular weight excluding hydrogens is 414 g/mol. The van der Waals surface area contributed by atoms with E-state index in [0.717, 1.165) is 66.4 Å². The molecule has 3 aliphatic rings. The van der Waals surface area contributed by atoms with E-state index in [1.165, 1.54) is 24.0 Å². The lowest BCUT2D eigenvalue weighted by Crippen LogP contribution is -2.37. The van der Waals surface area contributed by atoms with Crippen LogP contribution in [-0.2, 0) is 37.0 Å². The summed E-state index contributed by atoms with van der Waals surface area (Å²) in [6, 6.07) is 4.70. The number of anilines is 1. The maximum Gasteiger partial charge on any atom is 0.223 e. The minimum atomic E-state index is 0.187. The molecule has 0 bridgehead atoms. The van der Waals surface area contributed by atoms with Crippen LogP contribution in [0.15, 0.2) is 12.1 Å². The van der Waals surface area contributed by atoms with Crippen molar-refractivity contribution in [3.8, 4) is 5.75 Å². The molecule has 0 unspecified atom stereocenters. The third-order valence-electron chi connectivity index (χ3n) is 7.59. The minimum Gasteiger partial charge on any atom is -0.496 e. The molecule has 1 atom stereocenters. The van der Waals surface area contributed by atoms with E-state index in [9.17, 15) is 4.79 Å². The van der Waals surface area contributed by atoms with Gasteiger partial charge in [-0.25, -0.2) is 9.97 Å². The monoisotopic (exact) mass is 449 g/mol. The molecule has 33 heavy (non-hydrogen) atoms. The van der Waals surface area contributed by atoms with Gasteiger partial charge >= 0.3 is 0 Å². The zero-order valence-corrected chi connectivity index (χ0v) is 20.1. The topological polar surface area (TPSA) is 70.6 Å². The lowest BCUT2D eigenvalue weighted by molar-refractivity contribution is -0.132. The number of hydrogen-bond donors (Lipinski definition) is 1. The molecule has 1 amide bonds. The Hall–Kier alpha value is -2.67. The van der Waals surface area contributed by atoms with Crippen LogP contribution >= 0.6 is 0 Å². The summed E-state index contributed by atoms with van der Waals surface area (Å²) < 4.78 is 5.64. The number of hydrogen-bond acceptors (Lipinski definition) is 6. The molecule has 2 aliphatic heterocycles. The maximum atomic E-state index is 13.2. The standard InChI is InChI=1S/C26H35N5O2/c1-27-25-20-11-13-31(16-21(20)28-26(29-25)22-8-5-12-30(22)2)24(32)10-9-19-14-17-6-4-7-18(17)15-23(19)33-3/h14-15,22H,4-13,16H2,1-3H3,(H,27,28,29)/t22-/m0/s1. The average molecular weight is 450 g/mol. The summed E-state index contributed by atoms with van der Waals surface area (Å²) in [7, 11) is 5.79. The minimum absolute atomic E-state index is 0.187. The number of ether oxygens (including phenoxy) is 1. The molecule has 5 rings (SSSR count). The van der Waals surface area contributed by atoms with Gasteiger partial charge in [0.25, 0.3) is 0 Å². The van der Waals surface area contributed by atoms with E-state index in [2.05, 4.69) is 29.4 Å². The van der Waals surface area contributed by atoms with Crippen molar-refractivity contribution in [2.45, 2.75) is 64.0 Å². The fourth-order valence-electron chi connectivity index (χ4n) is 5.69. The Labute approximate surface area is 196 Å². The van der Waals surface area contributed by atoms with Gasteiger partial charge in [0.2, 0.25) is 5.91 Å². The van der Waals surface area contributed by atoms with Crippen molar-refractivity contribution in [3.05, 3.63) is 45.9 Å². The first kappa shape index (κ1) is 22.1. The van der Waals surface area contributed by atoms with Crippen LogP contribution in [0.3, 0.4) is 0 Å². The first-order valence-electron chi connectivity index (χ1n) is 12.3. The number of nitrogens with one attached hydrogen (secondary N) is 1. The highest BCUT2D eigenvalue weighted by molar-refractivity contribution is 5.77. The summed E-state index contributed by atoms with van der Waals surface area (Å²) in [5, 5.41) is 3.27. The van der Waals surface area contributed by atoms with Gasteiger partial charge in [0.05, 0.1) is 25.4 Å². The van der Waals surface area contributed by atoms with Crippen LogP contribution in [0.2, 0.25) is 0 Å². The van der Waals surface area contributed by atoms with Crippen molar-refractivity contribution >= 4 is 11.7 Å². The highest BCUT2D eigenvalue weighted by Gasteiger charge is 2.30. The summed E-state index contributed by atoms with van der Waals surface area (Å²) in [5.74, 6) is 2.91. The Bertz CT molecular complexity index is 1050. The quantitative estimate of drug-likeness (QED) is 0.730. The van der Waals surface area contributed by atoms with Crippen molar-refractivity contribution in [1.82, 2.24) is 19.8 Å². The molecule has 1 saturated heterocycles. The molecule has 176 valence electrons. The SMILES string of the molecule is CNc1nc([C@@H]2CCCN2C)nc2c1CCN(C(=O)CCc1cc3c(cc1OC)CCC3)C2. The van der Waals surface area contributed by atoms with Gasteiger partial charge in [-0.05, 0) is 81.3 Å². The van der Waals surface area contributed by atoms with E-state index in [1.54, 1.807) is 7.11 Å². The van der Waals surface area contributed by atoms with Gasteiger partial charge in [-0.1, -0.05) is 6.07 Å². The van der Waals surface area contributed by atoms with Crippen LogP contribution in [0.1, 0.15) is 65.5 Å². The van der Waals surface area contributed by atoms with E-state index < -0.39 is 0 Å². The fraction of sp³-hybridized carbons (Fsp3) is 0.577. The van der Waals surface area contributed by atoms with Crippen LogP contribution in [0.5, 0.6) is 5.75 Å². The number of carbonyl (C=O) groups excluding carboxylic acids is 1. The first-order valence-corrected chi connectivity index (χ1v) is 12.3. The second-order valence-electron chi connectivity index (χ2n) is 9.60. The lowest BCUT2D eigenvalue weighted by atomic mass is 10.0. The molecule has 0 saturated carbocycles.